The van der Waals surface area contributed by atoms with Crippen molar-refractivity contribution in [2.45, 2.75) is 26.4 Å². The van der Waals surface area contributed by atoms with Crippen LogP contribution in [0.25, 0.3) is 11.3 Å². The van der Waals surface area contributed by atoms with Crippen LogP contribution in [-0.2, 0) is 13.5 Å². The number of aliphatic imine (C=N–C) groups is 1. The van der Waals surface area contributed by atoms with Crippen LogP contribution in [0.2, 0.25) is 0 Å². The van der Waals surface area contributed by atoms with Gasteiger partial charge in [-0.05, 0) is 49.9 Å². The summed E-state index contributed by atoms with van der Waals surface area (Å²) in [5, 5.41) is 0. The number of pyridine rings is 1. The molecule has 0 aliphatic carbocycles. The molecule has 1 atom stereocenters. The van der Waals surface area contributed by atoms with Gasteiger partial charge in [-0.3, -0.25) is 4.99 Å². The highest BCUT2D eigenvalue weighted by Crippen LogP contribution is 2.36. The third-order valence-corrected chi connectivity index (χ3v) is 5.40. The van der Waals surface area contributed by atoms with E-state index in [4.69, 9.17) is 16.2 Å². The lowest BCUT2D eigenvalue weighted by atomic mass is 9.94. The van der Waals surface area contributed by atoms with Gasteiger partial charge in [-0.15, -0.1) is 0 Å². The van der Waals surface area contributed by atoms with Crippen molar-refractivity contribution >= 4 is 11.5 Å². The van der Waals surface area contributed by atoms with Gasteiger partial charge in [0, 0.05) is 48.6 Å². The lowest BCUT2D eigenvalue weighted by molar-refractivity contribution is 0.227. The molecule has 4 rings (SSSR count). The highest BCUT2D eigenvalue weighted by molar-refractivity contribution is 6.13. The summed E-state index contributed by atoms with van der Waals surface area (Å²) in [6.07, 6.45) is 4.96. The second-order valence-electron chi connectivity index (χ2n) is 7.44. The van der Waals surface area contributed by atoms with E-state index in [0.717, 1.165) is 33.8 Å². The predicted octanol–water partition coefficient (Wildman–Crippen LogP) is 3.55. The number of rotatable bonds is 1. The molecular formula is C23H25FN6O. The Hall–Kier alpha value is -3.68. The van der Waals surface area contributed by atoms with E-state index in [-0.39, 0.29) is 11.6 Å². The normalized spacial score (nSPS) is 18.6. The first-order valence-corrected chi connectivity index (χ1v) is 10.1. The fraction of sp³-hybridized carbons (Fsp3) is 0.261. The van der Waals surface area contributed by atoms with Crippen molar-refractivity contribution in [3.05, 3.63) is 71.2 Å². The van der Waals surface area contributed by atoms with Crippen molar-refractivity contribution in [2.75, 3.05) is 12.3 Å². The van der Waals surface area contributed by atoms with Crippen molar-refractivity contribution in [2.24, 2.45) is 17.8 Å². The van der Waals surface area contributed by atoms with Crippen molar-refractivity contribution in [1.82, 2.24) is 14.5 Å². The summed E-state index contributed by atoms with van der Waals surface area (Å²) < 4.78 is 22.3. The van der Waals surface area contributed by atoms with E-state index in [0.29, 0.717) is 24.3 Å². The molecule has 0 saturated heterocycles. The van der Waals surface area contributed by atoms with Gasteiger partial charge in [-0.25, -0.2) is 14.4 Å². The number of benzene rings is 1. The Morgan fingerprint density at radius 1 is 1.32 bits per heavy atom. The monoisotopic (exact) mass is 420 g/mol. The van der Waals surface area contributed by atoms with Gasteiger partial charge in [0.15, 0.2) is 11.6 Å². The van der Waals surface area contributed by atoms with Gasteiger partial charge in [0.25, 0.3) is 0 Å². The molecule has 0 radical (unpaired) electrons. The average molecular weight is 420 g/mol. The minimum absolute atomic E-state index is 0.248. The molecule has 1 aliphatic rings. The van der Waals surface area contributed by atoms with Gasteiger partial charge >= 0.3 is 0 Å². The SMILES string of the molecule is CCN=C1C(=CN)Cc2c(ncn2C)-c2ccc(F)cc2[C@@H](C)Oc2cc1cnc2N. The molecule has 7 nitrogen and oxygen atoms in total. The fourth-order valence-electron chi connectivity index (χ4n) is 3.85. The zero-order valence-electron chi connectivity index (χ0n) is 17.8. The number of hydrogen-bond acceptors (Lipinski definition) is 6. The molecule has 31 heavy (non-hydrogen) atoms. The molecule has 0 amide bonds. The summed E-state index contributed by atoms with van der Waals surface area (Å²) >= 11 is 0. The highest BCUT2D eigenvalue weighted by Gasteiger charge is 2.24. The smallest absolute Gasteiger partial charge is 0.166 e. The number of anilines is 1. The van der Waals surface area contributed by atoms with Crippen LogP contribution in [0.4, 0.5) is 10.2 Å². The van der Waals surface area contributed by atoms with Gasteiger partial charge in [0.05, 0.1) is 17.7 Å². The lowest BCUT2D eigenvalue weighted by Crippen LogP contribution is -2.15. The number of nitrogen functional groups attached to an aromatic ring is 1. The standard InChI is InChI=1S/C23H25FN6O/c1-4-27-21-14(10-25)7-19-22(29-12-30(19)3)17-6-5-16(24)9-18(17)13(2)31-20-8-15(21)11-28-23(20)26/h5-6,8-13H,4,7,25H2,1-3H3,(H2,26,28)/t13-/m1/s1. The number of aryl methyl sites for hydroxylation is 1. The van der Waals surface area contributed by atoms with Crippen LogP contribution in [0, 0.1) is 5.82 Å². The maximum atomic E-state index is 14.2. The first-order chi connectivity index (χ1) is 14.9. The number of nitrogens with zero attached hydrogens (tertiary/aromatic N) is 4. The molecule has 3 aromatic rings. The first kappa shape index (κ1) is 20.6. The van der Waals surface area contributed by atoms with Gasteiger partial charge in [-0.2, -0.15) is 0 Å². The molecule has 8 heteroatoms. The zero-order chi connectivity index (χ0) is 22.1. The fourth-order valence-corrected chi connectivity index (χ4v) is 3.85. The summed E-state index contributed by atoms with van der Waals surface area (Å²) in [5.74, 6) is 0.305. The summed E-state index contributed by atoms with van der Waals surface area (Å²) in [6.45, 7) is 4.39. The van der Waals surface area contributed by atoms with E-state index < -0.39 is 6.10 Å². The van der Waals surface area contributed by atoms with Crippen LogP contribution in [0.3, 0.4) is 0 Å². The van der Waals surface area contributed by atoms with E-state index >= 15 is 0 Å². The van der Waals surface area contributed by atoms with Crippen LogP contribution in [-0.4, -0.2) is 26.8 Å². The topological polar surface area (TPSA) is 104 Å². The first-order valence-electron chi connectivity index (χ1n) is 10.1. The molecule has 0 unspecified atom stereocenters. The molecule has 1 aromatic carbocycles. The van der Waals surface area contributed by atoms with Gasteiger partial charge in [0.1, 0.15) is 11.9 Å². The molecule has 3 heterocycles. The zero-order valence-corrected chi connectivity index (χ0v) is 17.8. The van der Waals surface area contributed by atoms with Crippen LogP contribution in [0.5, 0.6) is 5.75 Å². The predicted molar refractivity (Wildman–Crippen MR) is 119 cm³/mol. The quantitative estimate of drug-likeness (QED) is 0.626. The number of fused-ring (bicyclic) bond motifs is 5. The maximum absolute atomic E-state index is 14.2. The van der Waals surface area contributed by atoms with E-state index in [9.17, 15) is 4.39 Å². The molecule has 160 valence electrons. The van der Waals surface area contributed by atoms with E-state index in [2.05, 4.69) is 15.0 Å². The Morgan fingerprint density at radius 2 is 2.13 bits per heavy atom. The summed E-state index contributed by atoms with van der Waals surface area (Å²) in [7, 11) is 1.93. The Kier molecular flexibility index (Phi) is 5.46. The van der Waals surface area contributed by atoms with Crippen molar-refractivity contribution < 1.29 is 9.13 Å². The number of imidazole rings is 1. The molecule has 1 aliphatic heterocycles. The Labute approximate surface area is 180 Å². The van der Waals surface area contributed by atoms with Crippen molar-refractivity contribution in [1.29, 1.82) is 0 Å². The lowest BCUT2D eigenvalue weighted by Gasteiger charge is -2.22. The molecule has 0 fully saturated rings. The number of halogens is 1. The second-order valence-corrected chi connectivity index (χ2v) is 7.44. The van der Waals surface area contributed by atoms with E-state index in [1.807, 2.05) is 31.5 Å². The number of aromatic nitrogens is 3. The van der Waals surface area contributed by atoms with Crippen LogP contribution >= 0.6 is 0 Å². The van der Waals surface area contributed by atoms with Crippen LogP contribution in [0.1, 0.15) is 36.8 Å². The summed E-state index contributed by atoms with van der Waals surface area (Å²) in [6, 6.07) is 6.44. The number of ether oxygens (including phenoxy) is 1. The van der Waals surface area contributed by atoms with Gasteiger partial charge in [-0.1, -0.05) is 0 Å². The molecular weight excluding hydrogens is 395 g/mol. The largest absolute Gasteiger partial charge is 0.482 e. The Bertz CT molecular complexity index is 1200. The minimum Gasteiger partial charge on any atom is -0.482 e. The van der Waals surface area contributed by atoms with Crippen molar-refractivity contribution in [3.8, 4) is 17.0 Å². The summed E-state index contributed by atoms with van der Waals surface area (Å²) in [4.78, 5) is 13.6. The minimum atomic E-state index is -0.490. The third kappa shape index (κ3) is 3.76. The van der Waals surface area contributed by atoms with E-state index in [1.165, 1.54) is 12.1 Å². The van der Waals surface area contributed by atoms with Gasteiger partial charge < -0.3 is 20.8 Å². The molecule has 2 bridgehead atoms. The second kappa shape index (κ2) is 8.22. The Morgan fingerprint density at radius 3 is 2.87 bits per heavy atom. The third-order valence-electron chi connectivity index (χ3n) is 5.40. The van der Waals surface area contributed by atoms with Crippen LogP contribution < -0.4 is 16.2 Å². The van der Waals surface area contributed by atoms with Gasteiger partial charge in [0.2, 0.25) is 0 Å². The molecule has 0 spiro atoms. The highest BCUT2D eigenvalue weighted by atomic mass is 19.1. The van der Waals surface area contributed by atoms with Crippen molar-refractivity contribution in [3.63, 3.8) is 0 Å². The Balaban J connectivity index is 2.01. The number of allylic oxidation sites excluding steroid dienone is 1. The maximum Gasteiger partial charge on any atom is 0.166 e. The molecule has 0 saturated carbocycles. The average Bonchev–Trinajstić information content (AvgIpc) is 3.11. The number of nitrogens with two attached hydrogens (primary N) is 2. The molecule has 4 N–H and O–H groups in total. The van der Waals surface area contributed by atoms with E-state index in [1.54, 1.807) is 24.8 Å². The summed E-state index contributed by atoms with van der Waals surface area (Å²) in [5.41, 5.74) is 17.6. The number of hydrogen-bond donors (Lipinski definition) is 2. The van der Waals surface area contributed by atoms with Crippen LogP contribution in [0.15, 0.2) is 53.6 Å². The molecule has 2 aromatic heterocycles.